The lowest BCUT2D eigenvalue weighted by molar-refractivity contribution is -0.122. The molecule has 8 aromatic rings. The molecule has 0 spiro atoms. The first-order chi connectivity index (χ1) is 38.6. The highest BCUT2D eigenvalue weighted by Crippen LogP contribution is 2.41. The van der Waals surface area contributed by atoms with Gasteiger partial charge >= 0.3 is 0 Å². The number of hydrogen-bond donors (Lipinski definition) is 8. The number of amides is 6. The number of fused-ring (bicyclic) bond motifs is 14. The summed E-state index contributed by atoms with van der Waals surface area (Å²) in [6.07, 6.45) is 1.84. The maximum absolute atomic E-state index is 14.3. The summed E-state index contributed by atoms with van der Waals surface area (Å²) in [5.74, 6) is -2.87. The molecule has 28 heteroatoms. The number of aromatic nitrogens is 7. The molecule has 0 saturated carbocycles. The number of nitrogens with two attached hydrogens (primary N) is 1. The average Bonchev–Trinajstić information content (AvgIpc) is 4.37. The van der Waals surface area contributed by atoms with Crippen LogP contribution >= 0.6 is 68.0 Å². The highest BCUT2D eigenvalue weighted by Gasteiger charge is 2.33. The van der Waals surface area contributed by atoms with E-state index in [9.17, 15) is 33.9 Å². The number of anilines is 1. The first kappa shape index (κ1) is 57.5. The Kier molecular flexibility index (Phi) is 18.7. The molecular weight excluding hydrogens is 1140 g/mol. The number of rotatable bonds is 13. The second-order valence-electron chi connectivity index (χ2n) is 18.5. The van der Waals surface area contributed by atoms with E-state index in [1.54, 1.807) is 59.6 Å². The molecular formula is C52H54N14O8S6. The second-order valence-corrected chi connectivity index (χ2v) is 24.4. The smallest absolute Gasteiger partial charge is 0.271 e. The number of methoxy groups -OCH3 is 1. The van der Waals surface area contributed by atoms with Gasteiger partial charge in [0.05, 0.1) is 52.8 Å². The van der Waals surface area contributed by atoms with Crippen LogP contribution < -0.4 is 37.6 Å². The number of unbranched alkanes of at least 4 members (excludes halogenated alkanes) is 1. The van der Waals surface area contributed by atoms with Crippen LogP contribution in [0.5, 0.6) is 0 Å². The van der Waals surface area contributed by atoms with Crippen molar-refractivity contribution in [1.82, 2.24) is 61.5 Å². The van der Waals surface area contributed by atoms with Gasteiger partial charge in [-0.1, -0.05) is 44.2 Å². The van der Waals surface area contributed by atoms with Crippen molar-refractivity contribution in [1.29, 1.82) is 0 Å². The van der Waals surface area contributed by atoms with Crippen LogP contribution in [-0.4, -0.2) is 103 Å². The SMILES string of the molecule is CNC(=O)C[C@@H]1NC(=O)c2csc(n2)-c2ccc(-c3nc(NC(=O)CCCCN)cs3)nc2-c2cnc(s2)-c2csc(n2)[C@H]([C@@H](O)c2ccccc2)NC(=O)CNC(=O)c2nc(sc2COC)[C@H](C(C)C)NC(=O)c2nc1sc2C. The van der Waals surface area contributed by atoms with E-state index in [1.165, 1.54) is 70.8 Å². The van der Waals surface area contributed by atoms with Gasteiger partial charge in [-0.2, -0.15) is 0 Å². The van der Waals surface area contributed by atoms with E-state index in [0.29, 0.717) is 98.1 Å². The number of nitrogens with zero attached hydrogens (tertiary/aromatic N) is 7. The molecule has 1 aliphatic heterocycles. The maximum Gasteiger partial charge on any atom is 0.271 e. The van der Waals surface area contributed by atoms with Crippen LogP contribution in [0.2, 0.25) is 0 Å². The zero-order chi connectivity index (χ0) is 56.6. The van der Waals surface area contributed by atoms with E-state index in [2.05, 4.69) is 36.9 Å². The topological polar surface area (TPSA) is 320 Å². The molecule has 1 aromatic carbocycles. The minimum atomic E-state index is -1.26. The molecule has 80 heavy (non-hydrogen) atoms. The molecule has 9 rings (SSSR count). The Labute approximate surface area is 482 Å². The zero-order valence-corrected chi connectivity index (χ0v) is 48.5. The minimum absolute atomic E-state index is 0.00516. The molecule has 9 N–H and O–H groups in total. The summed E-state index contributed by atoms with van der Waals surface area (Å²) in [7, 11) is 2.95. The summed E-state index contributed by atoms with van der Waals surface area (Å²) < 4.78 is 5.45. The Morgan fingerprint density at radius 3 is 2.29 bits per heavy atom. The number of hydrogen-bond acceptors (Lipinski definition) is 22. The molecule has 1 aliphatic rings. The molecule has 8 heterocycles. The minimum Gasteiger partial charge on any atom is -0.386 e. The average molecular weight is 1200 g/mol. The van der Waals surface area contributed by atoms with E-state index in [-0.39, 0.29) is 47.8 Å². The molecule has 0 saturated heterocycles. The van der Waals surface area contributed by atoms with Gasteiger partial charge in [0.1, 0.15) is 70.8 Å². The molecule has 416 valence electrons. The van der Waals surface area contributed by atoms with Crippen molar-refractivity contribution in [3.8, 4) is 42.5 Å². The normalized spacial score (nSPS) is 16.5. The number of pyridine rings is 1. The van der Waals surface area contributed by atoms with Crippen molar-refractivity contribution in [3.05, 3.63) is 112 Å². The summed E-state index contributed by atoms with van der Waals surface area (Å²) in [6, 6.07) is 9.65. The number of carbonyl (C=O) groups is 6. The molecule has 7 aromatic heterocycles. The van der Waals surface area contributed by atoms with Crippen molar-refractivity contribution in [2.75, 3.05) is 32.6 Å². The fourth-order valence-electron chi connectivity index (χ4n) is 8.27. The van der Waals surface area contributed by atoms with Gasteiger partial charge in [-0.25, -0.2) is 34.9 Å². The van der Waals surface area contributed by atoms with Crippen molar-refractivity contribution >= 4 is 109 Å². The summed E-state index contributed by atoms with van der Waals surface area (Å²) >= 11 is 7.30. The standard InChI is InChI=1S/C52H54N14O8S6/c1-24(2)38-52-66-41(33(80-52)20-74-5)45(72)55-19-37(69)63-42(43(70)26-11-7-6-8-12-26)51-60-31(22-76-51)48-56-18-32(79-48)40-27(14-15-28(57-40)49-62-34(23-77-49)61-35(67)13-9-10-16-53)47-59-30(21-75-47)44(71)58-29(17-36(68)54-4)50-65-39(25(3)78-50)46(73)64-38/h6-8,11-12,14-15,18,21-24,29,38,42-43,70H,9-10,13,16-17,19-20,53H2,1-5H3,(H,54,68)(H,55,72)(H,58,71)(H,61,67)(H,63,69)(H,64,73)/t29-,38-,42-,43-/m0/s1. The third-order valence-corrected chi connectivity index (χ3v) is 18.3. The van der Waals surface area contributed by atoms with Crippen molar-refractivity contribution in [3.63, 3.8) is 0 Å². The first-order valence-electron chi connectivity index (χ1n) is 25.0. The molecule has 0 unspecified atom stereocenters. The molecule has 0 fully saturated rings. The summed E-state index contributed by atoms with van der Waals surface area (Å²) in [4.78, 5) is 117. The zero-order valence-electron chi connectivity index (χ0n) is 43.6. The van der Waals surface area contributed by atoms with E-state index in [1.807, 2.05) is 26.0 Å². The lowest BCUT2D eigenvalue weighted by Crippen LogP contribution is -2.40. The number of carbonyl (C=O) groups excluding carboxylic acids is 6. The second kappa shape index (κ2) is 26.0. The van der Waals surface area contributed by atoms with Gasteiger partial charge in [0.2, 0.25) is 17.7 Å². The monoisotopic (exact) mass is 1190 g/mol. The largest absolute Gasteiger partial charge is 0.386 e. The maximum atomic E-state index is 14.3. The van der Waals surface area contributed by atoms with Gasteiger partial charge in [0.25, 0.3) is 17.7 Å². The molecule has 0 radical (unpaired) electrons. The highest BCUT2D eigenvalue weighted by molar-refractivity contribution is 7.19. The quantitative estimate of drug-likeness (QED) is 0.0522. The molecule has 4 atom stereocenters. The number of aliphatic hydroxyl groups excluding tert-OH is 1. The lowest BCUT2D eigenvalue weighted by atomic mass is 10.0. The van der Waals surface area contributed by atoms with E-state index >= 15 is 0 Å². The van der Waals surface area contributed by atoms with Crippen LogP contribution in [0.3, 0.4) is 0 Å². The number of aliphatic hydroxyl groups is 1. The van der Waals surface area contributed by atoms with Gasteiger partial charge in [-0.05, 0) is 49.9 Å². The Bertz CT molecular complexity index is 3550. The van der Waals surface area contributed by atoms with Crippen LogP contribution in [0, 0.1) is 12.8 Å². The van der Waals surface area contributed by atoms with Crippen LogP contribution in [-0.2, 0) is 25.7 Å². The highest BCUT2D eigenvalue weighted by atomic mass is 32.1. The summed E-state index contributed by atoms with van der Waals surface area (Å²) in [5.41, 5.74) is 8.19. The summed E-state index contributed by atoms with van der Waals surface area (Å²) in [5, 5.41) is 36.5. The third kappa shape index (κ3) is 13.4. The number of nitrogens with one attached hydrogen (secondary N) is 6. The lowest BCUT2D eigenvalue weighted by Gasteiger charge is -2.23. The van der Waals surface area contributed by atoms with Gasteiger partial charge in [0.15, 0.2) is 0 Å². The Morgan fingerprint density at radius 1 is 0.750 bits per heavy atom. The summed E-state index contributed by atoms with van der Waals surface area (Å²) in [6.45, 7) is 5.49. The fraction of sp³-hybridized carbons (Fsp3) is 0.327. The first-order valence-corrected chi connectivity index (χ1v) is 30.1. The van der Waals surface area contributed by atoms with E-state index in [0.717, 1.165) is 17.8 Å². The van der Waals surface area contributed by atoms with Crippen LogP contribution in [0.1, 0.15) is 126 Å². The Hall–Kier alpha value is -7.15. The van der Waals surface area contributed by atoms with Crippen LogP contribution in [0.15, 0.2) is 64.8 Å². The predicted molar refractivity (Wildman–Crippen MR) is 308 cm³/mol. The van der Waals surface area contributed by atoms with Gasteiger partial charge in [0, 0.05) is 53.4 Å². The number of benzene rings is 1. The molecule has 22 nitrogen and oxygen atoms in total. The Morgan fingerprint density at radius 2 is 1.52 bits per heavy atom. The number of ether oxygens (including phenoxy) is 1. The van der Waals surface area contributed by atoms with Gasteiger partial charge < -0.3 is 47.5 Å². The van der Waals surface area contributed by atoms with Crippen LogP contribution in [0.25, 0.3) is 42.5 Å². The van der Waals surface area contributed by atoms with Gasteiger partial charge in [-0.3, -0.25) is 28.8 Å². The van der Waals surface area contributed by atoms with Crippen LogP contribution in [0.4, 0.5) is 5.82 Å². The number of thiazole rings is 6. The van der Waals surface area contributed by atoms with Gasteiger partial charge in [-0.15, -0.1) is 68.0 Å². The molecule has 10 bridgehead atoms. The Balaban J connectivity index is 1.12. The van der Waals surface area contributed by atoms with E-state index in [4.69, 9.17) is 40.4 Å². The fourth-order valence-corrected chi connectivity index (χ4v) is 13.9. The van der Waals surface area contributed by atoms with Crippen molar-refractivity contribution < 1.29 is 38.6 Å². The number of aryl methyl sites for hydroxylation is 1. The van der Waals surface area contributed by atoms with Crippen molar-refractivity contribution in [2.45, 2.75) is 77.3 Å². The van der Waals surface area contributed by atoms with Crippen molar-refractivity contribution in [2.24, 2.45) is 11.7 Å². The van der Waals surface area contributed by atoms with E-state index < -0.39 is 54.4 Å². The molecule has 0 aliphatic carbocycles. The predicted octanol–water partition coefficient (Wildman–Crippen LogP) is 7.38. The molecule has 6 amide bonds. The third-order valence-electron chi connectivity index (χ3n) is 12.4.